The molecule has 20 heavy (non-hydrogen) atoms. The number of hydrogen-bond donors (Lipinski definition) is 3. The summed E-state index contributed by atoms with van der Waals surface area (Å²) < 4.78 is 17.7. The molecule has 2 unspecified atom stereocenters. The molecule has 0 bridgehead atoms. The van der Waals surface area contributed by atoms with Crippen LogP contribution < -0.4 is 10.0 Å². The summed E-state index contributed by atoms with van der Waals surface area (Å²) in [5.74, 6) is -1.64. The van der Waals surface area contributed by atoms with Gasteiger partial charge >= 0.3 is 5.97 Å². The molecule has 0 aliphatic heterocycles. The van der Waals surface area contributed by atoms with Gasteiger partial charge in [-0.2, -0.15) is 4.72 Å². The number of carboxylic acid groups (broad SMARTS) is 1. The van der Waals surface area contributed by atoms with Crippen LogP contribution in [-0.4, -0.2) is 40.9 Å². The molecule has 0 heterocycles. The Bertz CT molecular complexity index is 503. The lowest BCUT2D eigenvalue weighted by atomic mass is 10.1. The molecular formula is C12H16N2O5S. The van der Waals surface area contributed by atoms with Crippen molar-refractivity contribution in [3.05, 3.63) is 35.4 Å². The molecule has 1 aromatic carbocycles. The van der Waals surface area contributed by atoms with Crippen LogP contribution in [0.25, 0.3) is 0 Å². The molecule has 0 radical (unpaired) electrons. The minimum atomic E-state index is -1.92. The van der Waals surface area contributed by atoms with E-state index in [0.717, 1.165) is 5.56 Å². The molecule has 110 valence electrons. The number of aryl methyl sites for hydroxylation is 1. The summed E-state index contributed by atoms with van der Waals surface area (Å²) in [6.07, 6.45) is 0. The van der Waals surface area contributed by atoms with E-state index < -0.39 is 29.2 Å². The van der Waals surface area contributed by atoms with Crippen molar-refractivity contribution in [2.75, 3.05) is 13.7 Å². The second-order valence-corrected chi connectivity index (χ2v) is 5.02. The van der Waals surface area contributed by atoms with Crippen LogP contribution in [0.3, 0.4) is 0 Å². The highest BCUT2D eigenvalue weighted by Gasteiger charge is 2.20. The van der Waals surface area contributed by atoms with Gasteiger partial charge in [-0.25, -0.2) is 4.21 Å². The first-order valence-corrected chi connectivity index (χ1v) is 6.81. The molecule has 0 aliphatic rings. The fraction of sp³-hybridized carbons (Fsp3) is 0.333. The summed E-state index contributed by atoms with van der Waals surface area (Å²) in [6, 6.07) is 5.64. The monoisotopic (exact) mass is 300 g/mol. The van der Waals surface area contributed by atoms with Gasteiger partial charge in [-0.3, -0.25) is 13.8 Å². The first-order valence-electron chi connectivity index (χ1n) is 5.74. The van der Waals surface area contributed by atoms with Crippen LogP contribution in [0.2, 0.25) is 0 Å². The summed E-state index contributed by atoms with van der Waals surface area (Å²) in [7, 11) is 1.17. The number of nitrogens with one attached hydrogen (secondary N) is 2. The summed E-state index contributed by atoms with van der Waals surface area (Å²) in [4.78, 5) is 22.7. The van der Waals surface area contributed by atoms with Crippen molar-refractivity contribution in [3.63, 3.8) is 0 Å². The largest absolute Gasteiger partial charge is 0.480 e. The number of rotatable bonds is 7. The lowest BCUT2D eigenvalue weighted by Gasteiger charge is -2.13. The second-order valence-electron chi connectivity index (χ2n) is 3.99. The lowest BCUT2D eigenvalue weighted by molar-refractivity contribution is -0.138. The summed E-state index contributed by atoms with van der Waals surface area (Å²) in [6.45, 7) is 1.68. The molecule has 7 nitrogen and oxygen atoms in total. The zero-order chi connectivity index (χ0) is 15.1. The number of carbonyl (C=O) groups excluding carboxylic acids is 1. The fourth-order valence-corrected chi connectivity index (χ4v) is 1.86. The third-order valence-corrected chi connectivity index (χ3v) is 3.25. The minimum Gasteiger partial charge on any atom is -0.480 e. The van der Waals surface area contributed by atoms with Crippen molar-refractivity contribution >= 4 is 23.1 Å². The van der Waals surface area contributed by atoms with Crippen LogP contribution in [0.15, 0.2) is 24.3 Å². The molecule has 0 saturated heterocycles. The topological polar surface area (TPSA) is 105 Å². The zero-order valence-corrected chi connectivity index (χ0v) is 11.9. The molecule has 0 aliphatic carbocycles. The molecule has 3 N–H and O–H groups in total. The van der Waals surface area contributed by atoms with E-state index in [1.165, 1.54) is 7.11 Å². The third kappa shape index (κ3) is 5.08. The molecule has 0 spiro atoms. The van der Waals surface area contributed by atoms with E-state index in [9.17, 15) is 13.8 Å². The Balaban J connectivity index is 2.58. The Labute approximate surface area is 119 Å². The molecule has 0 fully saturated rings. The maximum atomic E-state index is 11.8. The van der Waals surface area contributed by atoms with Crippen molar-refractivity contribution in [2.24, 2.45) is 0 Å². The van der Waals surface area contributed by atoms with Gasteiger partial charge in [-0.15, -0.1) is 0 Å². The SMILES string of the molecule is COS(=O)NC(CNC(=O)c1ccc(C)cc1)C(=O)O. The van der Waals surface area contributed by atoms with Gasteiger partial charge in [0.2, 0.25) is 11.3 Å². The second kappa shape index (κ2) is 7.73. The Hall–Kier alpha value is -1.77. The average Bonchev–Trinajstić information content (AvgIpc) is 2.43. The van der Waals surface area contributed by atoms with Gasteiger partial charge in [0.15, 0.2) is 0 Å². The van der Waals surface area contributed by atoms with Crippen LogP contribution in [0.5, 0.6) is 0 Å². The van der Waals surface area contributed by atoms with Crippen molar-refractivity contribution in [2.45, 2.75) is 13.0 Å². The lowest BCUT2D eigenvalue weighted by Crippen LogP contribution is -2.46. The van der Waals surface area contributed by atoms with Gasteiger partial charge in [0.25, 0.3) is 5.91 Å². The number of aliphatic carboxylic acids is 1. The van der Waals surface area contributed by atoms with E-state index in [1.807, 2.05) is 6.92 Å². The van der Waals surface area contributed by atoms with Gasteiger partial charge in [0.05, 0.1) is 7.11 Å². The summed E-state index contributed by atoms with van der Waals surface area (Å²) in [5, 5.41) is 11.4. The quantitative estimate of drug-likeness (QED) is 0.657. The summed E-state index contributed by atoms with van der Waals surface area (Å²) >= 11 is -1.92. The molecule has 1 amide bonds. The van der Waals surface area contributed by atoms with E-state index in [4.69, 9.17) is 5.11 Å². The van der Waals surface area contributed by atoms with Crippen molar-refractivity contribution in [3.8, 4) is 0 Å². The van der Waals surface area contributed by atoms with Gasteiger partial charge in [-0.1, -0.05) is 17.7 Å². The van der Waals surface area contributed by atoms with Crippen LogP contribution >= 0.6 is 0 Å². The molecule has 1 rings (SSSR count). The number of hydrogen-bond acceptors (Lipinski definition) is 4. The van der Waals surface area contributed by atoms with E-state index in [2.05, 4.69) is 14.2 Å². The van der Waals surface area contributed by atoms with Gasteiger partial charge in [0.1, 0.15) is 6.04 Å². The van der Waals surface area contributed by atoms with E-state index in [-0.39, 0.29) is 6.54 Å². The highest BCUT2D eigenvalue weighted by molar-refractivity contribution is 7.78. The molecule has 0 saturated carbocycles. The first-order chi connectivity index (χ1) is 9.43. The Morgan fingerprint density at radius 3 is 2.45 bits per heavy atom. The number of benzene rings is 1. The molecular weight excluding hydrogens is 284 g/mol. The van der Waals surface area contributed by atoms with Crippen molar-refractivity contribution in [1.29, 1.82) is 0 Å². The average molecular weight is 300 g/mol. The Kier molecular flexibility index (Phi) is 6.29. The number of carbonyl (C=O) groups is 2. The first kappa shape index (κ1) is 16.3. The predicted molar refractivity (Wildman–Crippen MR) is 73.2 cm³/mol. The van der Waals surface area contributed by atoms with Crippen LogP contribution in [0, 0.1) is 6.92 Å². The van der Waals surface area contributed by atoms with E-state index >= 15 is 0 Å². The molecule has 2 atom stereocenters. The maximum absolute atomic E-state index is 11.8. The highest BCUT2D eigenvalue weighted by atomic mass is 32.2. The van der Waals surface area contributed by atoms with Crippen LogP contribution in [-0.2, 0) is 20.2 Å². The highest BCUT2D eigenvalue weighted by Crippen LogP contribution is 2.02. The molecule has 1 aromatic rings. The third-order valence-electron chi connectivity index (χ3n) is 2.47. The van der Waals surface area contributed by atoms with Gasteiger partial charge in [0, 0.05) is 12.1 Å². The van der Waals surface area contributed by atoms with E-state index in [0.29, 0.717) is 5.56 Å². The zero-order valence-electron chi connectivity index (χ0n) is 11.1. The standard InChI is InChI=1S/C12H16N2O5S/c1-8-3-5-9(6-4-8)11(15)13-7-10(12(16)17)14-20(18)19-2/h3-6,10,14H,7H2,1-2H3,(H,13,15)(H,16,17). The van der Waals surface area contributed by atoms with Crippen LogP contribution in [0.1, 0.15) is 15.9 Å². The van der Waals surface area contributed by atoms with Crippen molar-refractivity contribution < 1.29 is 23.1 Å². The number of amides is 1. The Morgan fingerprint density at radius 1 is 1.35 bits per heavy atom. The minimum absolute atomic E-state index is 0.211. The maximum Gasteiger partial charge on any atom is 0.323 e. The molecule has 8 heteroatoms. The number of carboxylic acids is 1. The predicted octanol–water partition coefficient (Wildman–Crippen LogP) is -0.00728. The van der Waals surface area contributed by atoms with Crippen molar-refractivity contribution in [1.82, 2.24) is 10.0 Å². The van der Waals surface area contributed by atoms with Gasteiger partial charge in [-0.05, 0) is 19.1 Å². The Morgan fingerprint density at radius 2 is 1.95 bits per heavy atom. The van der Waals surface area contributed by atoms with Crippen LogP contribution in [0.4, 0.5) is 0 Å². The summed E-state index contributed by atoms with van der Waals surface area (Å²) in [5.41, 5.74) is 1.44. The normalized spacial score (nSPS) is 13.5. The van der Waals surface area contributed by atoms with E-state index in [1.54, 1.807) is 24.3 Å². The van der Waals surface area contributed by atoms with Gasteiger partial charge < -0.3 is 10.4 Å². The molecule has 0 aromatic heterocycles. The fourth-order valence-electron chi connectivity index (χ4n) is 1.35. The smallest absolute Gasteiger partial charge is 0.323 e.